The highest BCUT2D eigenvalue weighted by Gasteiger charge is 2.35. The van der Waals surface area contributed by atoms with Crippen LogP contribution in [0.25, 0.3) is 0 Å². The summed E-state index contributed by atoms with van der Waals surface area (Å²) in [6.45, 7) is 1.77. The van der Waals surface area contributed by atoms with Crippen molar-refractivity contribution in [3.8, 4) is 0 Å². The Morgan fingerprint density at radius 2 is 1.47 bits per heavy atom. The minimum Gasteiger partial charge on any atom is -0.354 e. The van der Waals surface area contributed by atoms with Gasteiger partial charge in [-0.25, -0.2) is 8.42 Å². The molecule has 4 aromatic rings. The van der Waals surface area contributed by atoms with Crippen molar-refractivity contribution in [2.75, 3.05) is 17.4 Å². The number of benzene rings is 4. The zero-order valence-corrected chi connectivity index (χ0v) is 27.8. The van der Waals surface area contributed by atoms with Crippen molar-refractivity contribution in [2.45, 2.75) is 43.7 Å². The molecule has 0 aliphatic heterocycles. The summed E-state index contributed by atoms with van der Waals surface area (Å²) in [7, 11) is -4.29. The van der Waals surface area contributed by atoms with Crippen LogP contribution in [0.15, 0.2) is 108 Å². The fourth-order valence-electron chi connectivity index (χ4n) is 4.79. The smallest absolute Gasteiger partial charge is 0.264 e. The van der Waals surface area contributed by atoms with Crippen LogP contribution in [-0.4, -0.2) is 44.3 Å². The van der Waals surface area contributed by atoms with Gasteiger partial charge in [0.2, 0.25) is 11.8 Å². The Morgan fingerprint density at radius 3 is 2.11 bits per heavy atom. The summed E-state index contributed by atoms with van der Waals surface area (Å²) in [5.74, 6) is -0.971. The summed E-state index contributed by atoms with van der Waals surface area (Å²) in [6, 6.07) is 27.5. The van der Waals surface area contributed by atoms with Crippen LogP contribution in [0.3, 0.4) is 0 Å². The third kappa shape index (κ3) is 9.01. The van der Waals surface area contributed by atoms with E-state index in [1.54, 1.807) is 42.5 Å². The number of nitrogens with one attached hydrogen (secondary N) is 1. The molecule has 2 amide bonds. The molecular formula is C34H34Cl3N3O4S. The first-order valence-electron chi connectivity index (χ1n) is 14.5. The van der Waals surface area contributed by atoms with Gasteiger partial charge in [-0.2, -0.15) is 0 Å². The summed E-state index contributed by atoms with van der Waals surface area (Å²) >= 11 is 19.2. The Bertz CT molecular complexity index is 1710. The molecule has 0 aromatic heterocycles. The van der Waals surface area contributed by atoms with E-state index in [4.69, 9.17) is 34.8 Å². The monoisotopic (exact) mass is 685 g/mol. The minimum absolute atomic E-state index is 0.0281. The summed E-state index contributed by atoms with van der Waals surface area (Å²) in [6.07, 6.45) is 1.84. The van der Waals surface area contributed by atoms with Gasteiger partial charge in [0.05, 0.1) is 15.6 Å². The summed E-state index contributed by atoms with van der Waals surface area (Å²) in [4.78, 5) is 29.7. The van der Waals surface area contributed by atoms with Crippen LogP contribution in [0.4, 0.5) is 5.69 Å². The van der Waals surface area contributed by atoms with Gasteiger partial charge in [0, 0.05) is 29.6 Å². The Kier molecular flexibility index (Phi) is 12.3. The number of carbonyl (C=O) groups is 2. The number of unbranched alkanes of at least 4 members (excludes halogenated alkanes) is 1. The SMILES string of the molecule is CCCCNC(=O)[C@H](Cc1ccccc1)N(Cc1ccccc1Cl)C(=O)CN(c1ccc(Cl)cc1Cl)S(=O)(=O)c1ccccc1. The van der Waals surface area contributed by atoms with Gasteiger partial charge in [-0.3, -0.25) is 13.9 Å². The van der Waals surface area contributed by atoms with E-state index in [9.17, 15) is 18.0 Å². The van der Waals surface area contributed by atoms with Crippen LogP contribution >= 0.6 is 34.8 Å². The first-order chi connectivity index (χ1) is 21.6. The normalized spacial score (nSPS) is 11.9. The maximum atomic E-state index is 14.5. The molecular weight excluding hydrogens is 653 g/mol. The molecule has 0 saturated heterocycles. The highest BCUT2D eigenvalue weighted by atomic mass is 35.5. The standard InChI is InChI=1S/C34H34Cl3N3O4S/c1-2-3-20-38-34(42)32(21-25-12-6-4-7-13-25)39(23-26-14-10-11-17-29(26)36)33(41)24-40(31-19-18-27(35)22-30(31)37)45(43,44)28-15-8-5-9-16-28/h4-19,22,32H,2-3,20-21,23-24H2,1H3,(H,38,42)/t32-/m0/s1. The molecule has 0 aliphatic carbocycles. The molecule has 236 valence electrons. The van der Waals surface area contributed by atoms with E-state index in [2.05, 4.69) is 5.32 Å². The molecule has 0 saturated carbocycles. The second kappa shape index (κ2) is 16.1. The van der Waals surface area contributed by atoms with Crippen LogP contribution in [0.1, 0.15) is 30.9 Å². The molecule has 0 spiro atoms. The van der Waals surface area contributed by atoms with Crippen LogP contribution in [0.2, 0.25) is 15.1 Å². The highest BCUT2D eigenvalue weighted by Crippen LogP contribution is 2.33. The molecule has 0 radical (unpaired) electrons. The van der Waals surface area contributed by atoms with Gasteiger partial charge in [0.1, 0.15) is 12.6 Å². The Morgan fingerprint density at radius 1 is 0.822 bits per heavy atom. The molecule has 7 nitrogen and oxygen atoms in total. The summed E-state index contributed by atoms with van der Waals surface area (Å²) in [5, 5.41) is 3.73. The van der Waals surface area contributed by atoms with Crippen LogP contribution in [0.5, 0.6) is 0 Å². The lowest BCUT2D eigenvalue weighted by atomic mass is 10.0. The minimum atomic E-state index is -4.29. The molecule has 0 heterocycles. The zero-order valence-electron chi connectivity index (χ0n) is 24.7. The largest absolute Gasteiger partial charge is 0.354 e. The molecule has 0 aliphatic rings. The zero-order chi connectivity index (χ0) is 32.4. The second-order valence-corrected chi connectivity index (χ2v) is 13.5. The predicted molar refractivity (Wildman–Crippen MR) is 181 cm³/mol. The van der Waals surface area contributed by atoms with Crippen molar-refractivity contribution in [1.29, 1.82) is 0 Å². The molecule has 0 fully saturated rings. The number of halogens is 3. The maximum absolute atomic E-state index is 14.5. The van der Waals surface area contributed by atoms with Crippen molar-refractivity contribution in [3.05, 3.63) is 129 Å². The fourth-order valence-corrected chi connectivity index (χ4v) is 7.00. The summed E-state index contributed by atoms with van der Waals surface area (Å²) in [5.41, 5.74) is 1.51. The van der Waals surface area contributed by atoms with Gasteiger partial charge in [-0.15, -0.1) is 0 Å². The van der Waals surface area contributed by atoms with Crippen molar-refractivity contribution < 1.29 is 18.0 Å². The van der Waals surface area contributed by atoms with Crippen molar-refractivity contribution in [1.82, 2.24) is 10.2 Å². The molecule has 1 N–H and O–H groups in total. The third-order valence-corrected chi connectivity index (χ3v) is 9.87. The van der Waals surface area contributed by atoms with E-state index < -0.39 is 28.5 Å². The van der Waals surface area contributed by atoms with E-state index in [0.29, 0.717) is 22.2 Å². The third-order valence-electron chi connectivity index (χ3n) is 7.19. The van der Waals surface area contributed by atoms with Gasteiger partial charge in [0.15, 0.2) is 0 Å². The average molecular weight is 687 g/mol. The number of amides is 2. The lowest BCUT2D eigenvalue weighted by molar-refractivity contribution is -0.140. The van der Waals surface area contributed by atoms with Crippen molar-refractivity contribution in [2.24, 2.45) is 0 Å². The van der Waals surface area contributed by atoms with Crippen molar-refractivity contribution >= 4 is 62.3 Å². The number of anilines is 1. The Hall–Kier alpha value is -3.56. The fraction of sp³-hybridized carbons (Fsp3) is 0.235. The average Bonchev–Trinajstić information content (AvgIpc) is 3.03. The molecule has 0 unspecified atom stereocenters. The number of hydrogen-bond acceptors (Lipinski definition) is 4. The first kappa shape index (κ1) is 34.3. The quantitative estimate of drug-likeness (QED) is 0.140. The van der Waals surface area contributed by atoms with Gasteiger partial charge in [0.25, 0.3) is 10.0 Å². The molecule has 4 aromatic carbocycles. The molecule has 4 rings (SSSR count). The highest BCUT2D eigenvalue weighted by molar-refractivity contribution is 7.92. The second-order valence-electron chi connectivity index (χ2n) is 10.4. The molecule has 1 atom stereocenters. The molecule has 45 heavy (non-hydrogen) atoms. The predicted octanol–water partition coefficient (Wildman–Crippen LogP) is 7.40. The number of nitrogens with zero attached hydrogens (tertiary/aromatic N) is 2. The van der Waals surface area contributed by atoms with Crippen LogP contribution in [-0.2, 0) is 32.6 Å². The van der Waals surface area contributed by atoms with Gasteiger partial charge in [-0.05, 0) is 53.9 Å². The summed E-state index contributed by atoms with van der Waals surface area (Å²) < 4.78 is 29.1. The number of sulfonamides is 1. The van der Waals surface area contributed by atoms with E-state index >= 15 is 0 Å². The van der Waals surface area contributed by atoms with E-state index in [-0.39, 0.29) is 34.5 Å². The lowest BCUT2D eigenvalue weighted by Crippen LogP contribution is -2.53. The Balaban J connectivity index is 1.81. The van der Waals surface area contributed by atoms with Gasteiger partial charge < -0.3 is 10.2 Å². The molecule has 11 heteroatoms. The van der Waals surface area contributed by atoms with Gasteiger partial charge >= 0.3 is 0 Å². The first-order valence-corrected chi connectivity index (χ1v) is 17.1. The maximum Gasteiger partial charge on any atom is 0.264 e. The Labute approximate surface area is 279 Å². The van der Waals surface area contributed by atoms with E-state index in [0.717, 1.165) is 22.7 Å². The van der Waals surface area contributed by atoms with Crippen molar-refractivity contribution in [3.63, 3.8) is 0 Å². The van der Waals surface area contributed by atoms with Crippen LogP contribution in [0, 0.1) is 0 Å². The number of carbonyl (C=O) groups excluding carboxylic acids is 2. The molecule has 0 bridgehead atoms. The number of hydrogen-bond donors (Lipinski definition) is 1. The van der Waals surface area contributed by atoms with E-state index in [1.807, 2.05) is 37.3 Å². The van der Waals surface area contributed by atoms with E-state index in [1.165, 1.54) is 35.2 Å². The lowest BCUT2D eigenvalue weighted by Gasteiger charge is -2.34. The topological polar surface area (TPSA) is 86.8 Å². The van der Waals surface area contributed by atoms with Gasteiger partial charge in [-0.1, -0.05) is 115 Å². The number of rotatable bonds is 14. The van der Waals surface area contributed by atoms with Crippen LogP contribution < -0.4 is 9.62 Å².